The molecule has 0 amide bonds. The molecule has 0 atom stereocenters. The molecule has 10 nitrogen and oxygen atoms in total. The fourth-order valence-electron chi connectivity index (χ4n) is 2.70. The van der Waals surface area contributed by atoms with Crippen LogP contribution in [0.4, 0.5) is 41.9 Å². The van der Waals surface area contributed by atoms with E-state index in [-0.39, 0.29) is 33.8 Å². The first-order valence-electron chi connectivity index (χ1n) is 8.92. The highest BCUT2D eigenvalue weighted by Crippen LogP contribution is 2.40. The molecule has 2 N–H and O–H groups in total. The van der Waals surface area contributed by atoms with Crippen LogP contribution in [0.5, 0.6) is 17.2 Å². The summed E-state index contributed by atoms with van der Waals surface area (Å²) in [5.41, 5.74) is -0.0332. The molecule has 0 bridgehead atoms. The molecular weight excluding hydrogens is 471 g/mol. The Hall–Kier alpha value is -4.00. The smallest absolute Gasteiger partial charge is 0.495 e. The summed E-state index contributed by atoms with van der Waals surface area (Å²) in [6, 6.07) is 7.51. The molecule has 0 aliphatic carbocycles. The van der Waals surface area contributed by atoms with Crippen molar-refractivity contribution in [3.63, 3.8) is 0 Å². The van der Waals surface area contributed by atoms with Crippen molar-refractivity contribution >= 4 is 40.3 Å². The number of rotatable bonds is 8. The molecule has 0 saturated heterocycles. The number of ether oxygens (including phenoxy) is 3. The summed E-state index contributed by atoms with van der Waals surface area (Å²) >= 11 is 6.14. The average Bonchev–Trinajstić information content (AvgIpc) is 2.74. The summed E-state index contributed by atoms with van der Waals surface area (Å²) < 4.78 is 51.1. The van der Waals surface area contributed by atoms with Gasteiger partial charge < -0.3 is 24.8 Å². The molecule has 0 aliphatic rings. The topological polar surface area (TPSA) is 121 Å². The molecular formula is C19H15ClF3N5O5. The van der Waals surface area contributed by atoms with Crippen LogP contribution in [0.3, 0.4) is 0 Å². The third kappa shape index (κ3) is 5.83. The molecule has 3 aromatic rings. The molecule has 0 radical (unpaired) electrons. The van der Waals surface area contributed by atoms with Crippen molar-refractivity contribution in [2.75, 3.05) is 24.9 Å². The van der Waals surface area contributed by atoms with Gasteiger partial charge in [-0.05, 0) is 30.3 Å². The monoisotopic (exact) mass is 485 g/mol. The van der Waals surface area contributed by atoms with Crippen molar-refractivity contribution in [2.45, 2.75) is 6.36 Å². The van der Waals surface area contributed by atoms with Gasteiger partial charge in [0, 0.05) is 11.8 Å². The maximum absolute atomic E-state index is 12.3. The van der Waals surface area contributed by atoms with Gasteiger partial charge in [0.1, 0.15) is 23.6 Å². The van der Waals surface area contributed by atoms with Crippen LogP contribution < -0.4 is 24.8 Å². The van der Waals surface area contributed by atoms with Gasteiger partial charge in [-0.25, -0.2) is 9.97 Å². The molecule has 33 heavy (non-hydrogen) atoms. The van der Waals surface area contributed by atoms with E-state index in [0.29, 0.717) is 5.75 Å². The summed E-state index contributed by atoms with van der Waals surface area (Å²) in [4.78, 5) is 18.9. The van der Waals surface area contributed by atoms with Crippen LogP contribution in [0.1, 0.15) is 0 Å². The van der Waals surface area contributed by atoms with Crippen molar-refractivity contribution in [2.24, 2.45) is 0 Å². The lowest BCUT2D eigenvalue weighted by Crippen LogP contribution is -2.17. The molecule has 14 heteroatoms. The Morgan fingerprint density at radius 2 is 1.61 bits per heavy atom. The molecule has 3 rings (SSSR count). The second kappa shape index (κ2) is 9.65. The minimum atomic E-state index is -4.84. The third-order valence-electron chi connectivity index (χ3n) is 4.08. The van der Waals surface area contributed by atoms with Crippen LogP contribution in [0, 0.1) is 10.1 Å². The highest BCUT2D eigenvalue weighted by molar-refractivity contribution is 6.32. The Bertz CT molecular complexity index is 1160. The molecule has 0 saturated carbocycles. The average molecular weight is 486 g/mol. The molecule has 1 aromatic heterocycles. The zero-order valence-electron chi connectivity index (χ0n) is 16.9. The van der Waals surface area contributed by atoms with Crippen molar-refractivity contribution < 1.29 is 32.3 Å². The fourth-order valence-corrected chi connectivity index (χ4v) is 2.94. The van der Waals surface area contributed by atoms with Crippen LogP contribution in [0.2, 0.25) is 5.02 Å². The Kier molecular flexibility index (Phi) is 6.92. The second-order valence-electron chi connectivity index (χ2n) is 6.19. The SMILES string of the molecule is COc1cc(OC)c(Nc2ncnc(Nc3ccc(OC(F)(F)F)cc3)c2[N+](=O)[O-])cc1Cl. The third-order valence-corrected chi connectivity index (χ3v) is 4.38. The molecule has 1 heterocycles. The van der Waals surface area contributed by atoms with Crippen LogP contribution in [-0.4, -0.2) is 35.5 Å². The number of hydrogen-bond donors (Lipinski definition) is 2. The highest BCUT2D eigenvalue weighted by Gasteiger charge is 2.31. The molecule has 2 aromatic carbocycles. The van der Waals surface area contributed by atoms with Crippen LogP contribution >= 0.6 is 11.6 Å². The summed E-state index contributed by atoms with van der Waals surface area (Å²) in [6.45, 7) is 0. The quantitative estimate of drug-likeness (QED) is 0.317. The molecule has 174 valence electrons. The van der Waals surface area contributed by atoms with Crippen molar-refractivity contribution in [3.05, 3.63) is 57.9 Å². The Labute approximate surface area is 189 Å². The van der Waals surface area contributed by atoms with Crippen LogP contribution in [0.25, 0.3) is 0 Å². The largest absolute Gasteiger partial charge is 0.573 e. The van der Waals surface area contributed by atoms with Gasteiger partial charge >= 0.3 is 12.0 Å². The van der Waals surface area contributed by atoms with E-state index < -0.39 is 22.7 Å². The summed E-state index contributed by atoms with van der Waals surface area (Å²) in [5.74, 6) is -0.235. The minimum absolute atomic E-state index is 0.186. The van der Waals surface area contributed by atoms with E-state index in [1.54, 1.807) is 0 Å². The molecule has 0 fully saturated rings. The highest BCUT2D eigenvalue weighted by atomic mass is 35.5. The van der Waals surface area contributed by atoms with Gasteiger partial charge in [0.25, 0.3) is 0 Å². The lowest BCUT2D eigenvalue weighted by molar-refractivity contribution is -0.383. The maximum atomic E-state index is 12.3. The molecule has 0 unspecified atom stereocenters. The molecule has 0 spiro atoms. The first-order chi connectivity index (χ1) is 15.6. The first-order valence-corrected chi connectivity index (χ1v) is 9.30. The number of aromatic nitrogens is 2. The van der Waals surface area contributed by atoms with E-state index in [1.807, 2.05) is 0 Å². The van der Waals surface area contributed by atoms with Gasteiger partial charge in [0.05, 0.1) is 29.9 Å². The summed E-state index contributed by atoms with van der Waals surface area (Å²) in [7, 11) is 2.81. The fraction of sp³-hybridized carbons (Fsp3) is 0.158. The Morgan fingerprint density at radius 3 is 2.15 bits per heavy atom. The van der Waals surface area contributed by atoms with E-state index in [2.05, 4.69) is 25.3 Å². The number of nitro groups is 1. The van der Waals surface area contributed by atoms with Crippen molar-refractivity contribution in [3.8, 4) is 17.2 Å². The van der Waals surface area contributed by atoms with Gasteiger partial charge in [-0.2, -0.15) is 0 Å². The Balaban J connectivity index is 1.93. The van der Waals surface area contributed by atoms with E-state index in [0.717, 1.165) is 18.5 Å². The number of nitrogens with one attached hydrogen (secondary N) is 2. The van der Waals surface area contributed by atoms with Gasteiger partial charge in [-0.1, -0.05) is 11.6 Å². The van der Waals surface area contributed by atoms with Crippen LogP contribution in [-0.2, 0) is 0 Å². The number of hydrogen-bond acceptors (Lipinski definition) is 9. The van der Waals surface area contributed by atoms with E-state index in [1.165, 1.54) is 38.5 Å². The predicted molar refractivity (Wildman–Crippen MR) is 113 cm³/mol. The Morgan fingerprint density at radius 1 is 1.00 bits per heavy atom. The number of methoxy groups -OCH3 is 2. The lowest BCUT2D eigenvalue weighted by atomic mass is 10.2. The van der Waals surface area contributed by atoms with E-state index in [9.17, 15) is 23.3 Å². The lowest BCUT2D eigenvalue weighted by Gasteiger charge is -2.14. The normalized spacial score (nSPS) is 11.0. The standard InChI is InChI=1S/C19H15ClF3N5O5/c1-31-14-8-15(32-2)13(7-12(14)20)27-18-16(28(29)30)17(24-9-25-18)26-10-3-5-11(6-4-10)33-19(21,22)23/h3-9H,1-2H3,(H2,24,25,26,27). The molecule has 0 aliphatic heterocycles. The van der Waals surface area contributed by atoms with Crippen molar-refractivity contribution in [1.29, 1.82) is 0 Å². The van der Waals surface area contributed by atoms with Crippen LogP contribution in [0.15, 0.2) is 42.7 Å². The first kappa shape index (κ1) is 23.7. The predicted octanol–water partition coefficient (Wildman–Crippen LogP) is 5.44. The van der Waals surface area contributed by atoms with E-state index >= 15 is 0 Å². The number of alkyl halides is 3. The van der Waals surface area contributed by atoms with Gasteiger partial charge in [0.15, 0.2) is 0 Å². The van der Waals surface area contributed by atoms with Crippen molar-refractivity contribution in [1.82, 2.24) is 9.97 Å². The zero-order valence-corrected chi connectivity index (χ0v) is 17.7. The second-order valence-corrected chi connectivity index (χ2v) is 6.59. The number of anilines is 4. The van der Waals surface area contributed by atoms with E-state index in [4.69, 9.17) is 21.1 Å². The number of nitrogens with zero attached hydrogens (tertiary/aromatic N) is 3. The maximum Gasteiger partial charge on any atom is 0.573 e. The summed E-state index contributed by atoms with van der Waals surface area (Å²) in [6.07, 6.45) is -3.78. The van der Waals surface area contributed by atoms with Gasteiger partial charge in [-0.15, -0.1) is 13.2 Å². The number of halogens is 4. The number of benzene rings is 2. The van der Waals surface area contributed by atoms with Gasteiger partial charge in [0.2, 0.25) is 11.6 Å². The summed E-state index contributed by atoms with van der Waals surface area (Å²) in [5, 5.41) is 17.5. The minimum Gasteiger partial charge on any atom is -0.495 e. The zero-order chi connectivity index (χ0) is 24.2. The van der Waals surface area contributed by atoms with Gasteiger partial charge in [-0.3, -0.25) is 10.1 Å².